The maximum atomic E-state index is 12.4. The highest BCUT2D eigenvalue weighted by Gasteiger charge is 2.42. The van der Waals surface area contributed by atoms with Crippen molar-refractivity contribution < 1.29 is 9.53 Å². The quantitative estimate of drug-likeness (QED) is 0.622. The normalized spacial score (nSPS) is 24.1. The first-order valence-electron chi connectivity index (χ1n) is 9.77. The topological polar surface area (TPSA) is 76.1 Å². The number of thioether (sulfide) groups is 1. The highest BCUT2D eigenvalue weighted by atomic mass is 32.2. The second kappa shape index (κ2) is 8.69. The Morgan fingerprint density at radius 3 is 3.00 bits per heavy atom. The SMILES string of the molecule is COc1cccc(Nc2nnc(SCC(=O)N[C@@H](C)[C@@H]3C[C@H]4CC[C@H]3C4)s2)c1. The van der Waals surface area contributed by atoms with Crippen LogP contribution in [0.3, 0.4) is 0 Å². The maximum absolute atomic E-state index is 12.4. The number of nitrogens with zero attached hydrogens (tertiary/aromatic N) is 2. The van der Waals surface area contributed by atoms with E-state index in [0.29, 0.717) is 16.8 Å². The molecule has 0 aliphatic heterocycles. The Kier molecular flexibility index (Phi) is 6.06. The number of nitrogens with one attached hydrogen (secondary N) is 2. The molecule has 1 amide bonds. The molecule has 1 aromatic carbocycles. The van der Waals surface area contributed by atoms with E-state index >= 15 is 0 Å². The molecular weight excluding hydrogens is 392 g/mol. The van der Waals surface area contributed by atoms with Crippen molar-refractivity contribution >= 4 is 39.8 Å². The Morgan fingerprint density at radius 2 is 2.25 bits per heavy atom. The molecule has 0 radical (unpaired) electrons. The Balaban J connectivity index is 1.24. The van der Waals surface area contributed by atoms with Gasteiger partial charge < -0.3 is 15.4 Å². The molecule has 2 aliphatic carbocycles. The number of fused-ring (bicyclic) bond motifs is 2. The van der Waals surface area contributed by atoms with E-state index in [2.05, 4.69) is 27.8 Å². The Hall–Kier alpha value is -1.80. The molecule has 2 aromatic rings. The van der Waals surface area contributed by atoms with Gasteiger partial charge in [0.25, 0.3) is 0 Å². The molecular formula is C20H26N4O2S2. The van der Waals surface area contributed by atoms with Gasteiger partial charge in [-0.2, -0.15) is 0 Å². The van der Waals surface area contributed by atoms with Gasteiger partial charge in [-0.1, -0.05) is 35.6 Å². The maximum Gasteiger partial charge on any atom is 0.230 e. The number of methoxy groups -OCH3 is 1. The number of amides is 1. The first-order valence-corrected chi connectivity index (χ1v) is 11.6. The van der Waals surface area contributed by atoms with Gasteiger partial charge in [0.15, 0.2) is 4.34 Å². The van der Waals surface area contributed by atoms with E-state index in [1.54, 1.807) is 7.11 Å². The molecule has 2 N–H and O–H groups in total. The fourth-order valence-corrected chi connectivity index (χ4v) is 6.16. The van der Waals surface area contributed by atoms with Crippen LogP contribution in [0.4, 0.5) is 10.8 Å². The van der Waals surface area contributed by atoms with Crippen LogP contribution in [-0.4, -0.2) is 35.0 Å². The van der Waals surface area contributed by atoms with Gasteiger partial charge in [0.2, 0.25) is 11.0 Å². The van der Waals surface area contributed by atoms with Crippen molar-refractivity contribution in [2.75, 3.05) is 18.2 Å². The summed E-state index contributed by atoms with van der Waals surface area (Å²) in [5, 5.41) is 15.5. The van der Waals surface area contributed by atoms with Crippen LogP contribution in [0.5, 0.6) is 5.75 Å². The summed E-state index contributed by atoms with van der Waals surface area (Å²) >= 11 is 2.88. The van der Waals surface area contributed by atoms with Crippen LogP contribution in [-0.2, 0) is 4.79 Å². The van der Waals surface area contributed by atoms with E-state index in [4.69, 9.17) is 4.74 Å². The van der Waals surface area contributed by atoms with E-state index in [0.717, 1.165) is 27.6 Å². The number of hydrogen-bond donors (Lipinski definition) is 2. The van der Waals surface area contributed by atoms with E-state index in [-0.39, 0.29) is 11.9 Å². The summed E-state index contributed by atoms with van der Waals surface area (Å²) < 4.78 is 6.01. The summed E-state index contributed by atoms with van der Waals surface area (Å²) in [7, 11) is 1.64. The smallest absolute Gasteiger partial charge is 0.230 e. The van der Waals surface area contributed by atoms with E-state index in [9.17, 15) is 4.79 Å². The lowest BCUT2D eigenvalue weighted by Gasteiger charge is -2.28. The molecule has 2 aliphatic rings. The minimum Gasteiger partial charge on any atom is -0.497 e. The van der Waals surface area contributed by atoms with Crippen LogP contribution < -0.4 is 15.4 Å². The van der Waals surface area contributed by atoms with E-state index in [1.807, 2.05) is 24.3 Å². The van der Waals surface area contributed by atoms with Gasteiger partial charge in [-0.15, -0.1) is 10.2 Å². The summed E-state index contributed by atoms with van der Waals surface area (Å²) in [6, 6.07) is 7.92. The predicted octanol–water partition coefficient (Wildman–Crippen LogP) is 4.32. The zero-order valence-electron chi connectivity index (χ0n) is 16.2. The van der Waals surface area contributed by atoms with E-state index in [1.165, 1.54) is 48.8 Å². The van der Waals surface area contributed by atoms with Crippen LogP contribution in [0.25, 0.3) is 0 Å². The third-order valence-electron chi connectivity index (χ3n) is 5.88. The minimum atomic E-state index is 0.0813. The first-order chi connectivity index (χ1) is 13.6. The number of anilines is 2. The number of rotatable bonds is 8. The zero-order chi connectivity index (χ0) is 19.5. The molecule has 4 rings (SSSR count). The molecule has 4 atom stereocenters. The van der Waals surface area contributed by atoms with Crippen molar-refractivity contribution in [3.63, 3.8) is 0 Å². The molecule has 1 aromatic heterocycles. The first kappa shape index (κ1) is 19.5. The van der Waals surface area contributed by atoms with Crippen LogP contribution >= 0.6 is 23.1 Å². The Labute approximate surface area is 173 Å². The molecule has 1 heterocycles. The molecule has 0 spiro atoms. The largest absolute Gasteiger partial charge is 0.497 e. The van der Waals surface area contributed by atoms with Gasteiger partial charge in [-0.05, 0) is 56.1 Å². The molecule has 2 saturated carbocycles. The van der Waals surface area contributed by atoms with Crippen molar-refractivity contribution in [3.8, 4) is 5.75 Å². The monoisotopic (exact) mass is 418 g/mol. The summed E-state index contributed by atoms with van der Waals surface area (Å²) in [4.78, 5) is 12.4. The second-order valence-corrected chi connectivity index (χ2v) is 9.91. The average molecular weight is 419 g/mol. The van der Waals surface area contributed by atoms with Crippen LogP contribution in [0, 0.1) is 17.8 Å². The molecule has 0 saturated heterocycles. The third kappa shape index (κ3) is 4.60. The highest BCUT2D eigenvalue weighted by Crippen LogP contribution is 2.49. The number of benzene rings is 1. The summed E-state index contributed by atoms with van der Waals surface area (Å²) in [6.45, 7) is 2.16. The van der Waals surface area contributed by atoms with Crippen LogP contribution in [0.15, 0.2) is 28.6 Å². The second-order valence-electron chi connectivity index (χ2n) is 7.71. The van der Waals surface area contributed by atoms with Gasteiger partial charge in [-0.3, -0.25) is 4.79 Å². The average Bonchev–Trinajstić information content (AvgIpc) is 3.44. The predicted molar refractivity (Wildman–Crippen MR) is 113 cm³/mol. The summed E-state index contributed by atoms with van der Waals surface area (Å²) in [5.41, 5.74) is 0.893. The fraction of sp³-hybridized carbons (Fsp3) is 0.550. The van der Waals surface area contributed by atoms with Gasteiger partial charge in [0, 0.05) is 17.8 Å². The fourth-order valence-electron chi connectivity index (χ4n) is 4.58. The Morgan fingerprint density at radius 1 is 1.36 bits per heavy atom. The lowest BCUT2D eigenvalue weighted by atomic mass is 9.84. The Bertz CT molecular complexity index is 828. The lowest BCUT2D eigenvalue weighted by Crippen LogP contribution is -2.40. The number of hydrogen-bond acceptors (Lipinski definition) is 7. The summed E-state index contributed by atoms with van der Waals surface area (Å²) in [5.74, 6) is 3.62. The molecule has 150 valence electrons. The molecule has 8 heteroatoms. The van der Waals surface area contributed by atoms with Gasteiger partial charge in [-0.25, -0.2) is 0 Å². The van der Waals surface area contributed by atoms with Gasteiger partial charge >= 0.3 is 0 Å². The molecule has 28 heavy (non-hydrogen) atoms. The molecule has 0 unspecified atom stereocenters. The van der Waals surface area contributed by atoms with Crippen LogP contribution in [0.2, 0.25) is 0 Å². The van der Waals surface area contributed by atoms with Gasteiger partial charge in [0.05, 0.1) is 12.9 Å². The number of aromatic nitrogens is 2. The summed E-state index contributed by atoms with van der Waals surface area (Å²) in [6.07, 6.45) is 5.39. The third-order valence-corrected chi connectivity index (χ3v) is 7.85. The molecule has 6 nitrogen and oxygen atoms in total. The number of carbonyl (C=O) groups excluding carboxylic acids is 1. The standard InChI is InChI=1S/C20H26N4O2S2/c1-12(17-9-13-6-7-14(17)8-13)21-18(25)11-27-20-24-23-19(28-20)22-15-4-3-5-16(10-15)26-2/h3-5,10,12-14,17H,6-9,11H2,1-2H3,(H,21,25)(H,22,23)/t12-,13-,14-,17-/m0/s1. The van der Waals surface area contributed by atoms with Gasteiger partial charge in [0.1, 0.15) is 5.75 Å². The van der Waals surface area contributed by atoms with Crippen molar-refractivity contribution in [1.82, 2.24) is 15.5 Å². The molecule has 2 bridgehead atoms. The zero-order valence-corrected chi connectivity index (χ0v) is 17.8. The number of carbonyl (C=O) groups is 1. The van der Waals surface area contributed by atoms with Crippen molar-refractivity contribution in [2.24, 2.45) is 17.8 Å². The lowest BCUT2D eigenvalue weighted by molar-refractivity contribution is -0.119. The number of ether oxygens (including phenoxy) is 1. The van der Waals surface area contributed by atoms with Crippen LogP contribution in [0.1, 0.15) is 32.6 Å². The van der Waals surface area contributed by atoms with E-state index < -0.39 is 0 Å². The van der Waals surface area contributed by atoms with Crippen molar-refractivity contribution in [3.05, 3.63) is 24.3 Å². The minimum absolute atomic E-state index is 0.0813. The highest BCUT2D eigenvalue weighted by molar-refractivity contribution is 8.01. The van der Waals surface area contributed by atoms with Crippen molar-refractivity contribution in [2.45, 2.75) is 43.0 Å². The van der Waals surface area contributed by atoms with Crippen molar-refractivity contribution in [1.29, 1.82) is 0 Å². The molecule has 2 fully saturated rings.